The number of carbonyl (C=O) groups is 2. The molecule has 2 N–H and O–H groups in total. The van der Waals surface area contributed by atoms with Crippen LogP contribution in [-0.4, -0.2) is 17.9 Å². The fourth-order valence-corrected chi connectivity index (χ4v) is 2.06. The van der Waals surface area contributed by atoms with Gasteiger partial charge in [0.25, 0.3) is 5.91 Å². The van der Waals surface area contributed by atoms with Crippen LogP contribution in [0.25, 0.3) is 0 Å². The molecule has 22 heavy (non-hydrogen) atoms. The molecule has 0 saturated heterocycles. The summed E-state index contributed by atoms with van der Waals surface area (Å²) in [4.78, 5) is 24.3. The Morgan fingerprint density at radius 3 is 2.32 bits per heavy atom. The lowest BCUT2D eigenvalue weighted by Gasteiger charge is -2.16. The summed E-state index contributed by atoms with van der Waals surface area (Å²) in [5, 5.41) is 5.55. The number of aryl methyl sites for hydroxylation is 1. The predicted octanol–water partition coefficient (Wildman–Crippen LogP) is 3.06. The van der Waals surface area contributed by atoms with E-state index in [1.54, 1.807) is 31.2 Å². The van der Waals surface area contributed by atoms with Gasteiger partial charge in [-0.3, -0.25) is 9.59 Å². The van der Waals surface area contributed by atoms with Gasteiger partial charge in [0.15, 0.2) is 0 Å². The van der Waals surface area contributed by atoms with Gasteiger partial charge in [0.1, 0.15) is 6.04 Å². The highest BCUT2D eigenvalue weighted by molar-refractivity contribution is 6.01. The van der Waals surface area contributed by atoms with E-state index in [1.807, 2.05) is 38.1 Å². The molecule has 2 aromatic carbocycles. The molecule has 0 aliphatic carbocycles. The topological polar surface area (TPSA) is 58.2 Å². The number of rotatable bonds is 4. The zero-order valence-corrected chi connectivity index (χ0v) is 13.0. The monoisotopic (exact) mass is 296 g/mol. The first-order chi connectivity index (χ1) is 10.5. The largest absolute Gasteiger partial charge is 0.341 e. The van der Waals surface area contributed by atoms with Crippen molar-refractivity contribution in [3.63, 3.8) is 0 Å². The summed E-state index contributed by atoms with van der Waals surface area (Å²) in [6, 6.07) is 14.0. The van der Waals surface area contributed by atoms with Crippen molar-refractivity contribution in [3.8, 4) is 0 Å². The Bertz CT molecular complexity index is 681. The first-order valence-corrected chi connectivity index (χ1v) is 7.22. The summed E-state index contributed by atoms with van der Waals surface area (Å²) >= 11 is 0. The van der Waals surface area contributed by atoms with E-state index < -0.39 is 6.04 Å². The molecule has 4 heteroatoms. The normalized spacial score (nSPS) is 11.6. The molecule has 114 valence electrons. The molecular weight excluding hydrogens is 276 g/mol. The Hall–Kier alpha value is -2.62. The fourth-order valence-electron chi connectivity index (χ4n) is 2.06. The van der Waals surface area contributed by atoms with E-state index in [-0.39, 0.29) is 11.8 Å². The van der Waals surface area contributed by atoms with Crippen molar-refractivity contribution in [1.29, 1.82) is 0 Å². The summed E-state index contributed by atoms with van der Waals surface area (Å²) in [6.45, 7) is 5.62. The number of carbonyl (C=O) groups excluding carboxylic acids is 2. The number of nitrogens with one attached hydrogen (secondary N) is 2. The summed E-state index contributed by atoms with van der Waals surface area (Å²) in [5.74, 6) is -0.498. The van der Waals surface area contributed by atoms with Crippen LogP contribution in [0.1, 0.15) is 28.4 Å². The summed E-state index contributed by atoms with van der Waals surface area (Å²) < 4.78 is 0. The summed E-state index contributed by atoms with van der Waals surface area (Å²) in [7, 11) is 0. The van der Waals surface area contributed by atoms with Crippen LogP contribution >= 0.6 is 0 Å². The molecule has 0 radical (unpaired) electrons. The number of anilines is 1. The predicted molar refractivity (Wildman–Crippen MR) is 87.9 cm³/mol. The van der Waals surface area contributed by atoms with Gasteiger partial charge in [-0.25, -0.2) is 0 Å². The third kappa shape index (κ3) is 3.73. The van der Waals surface area contributed by atoms with E-state index in [0.717, 1.165) is 16.8 Å². The number of benzene rings is 2. The second kappa shape index (κ2) is 6.89. The van der Waals surface area contributed by atoms with Gasteiger partial charge in [0.2, 0.25) is 5.91 Å². The van der Waals surface area contributed by atoms with Gasteiger partial charge in [-0.2, -0.15) is 0 Å². The highest BCUT2D eigenvalue weighted by atomic mass is 16.2. The van der Waals surface area contributed by atoms with Gasteiger partial charge in [-0.15, -0.1) is 0 Å². The van der Waals surface area contributed by atoms with E-state index in [9.17, 15) is 9.59 Å². The van der Waals surface area contributed by atoms with E-state index in [4.69, 9.17) is 0 Å². The van der Waals surface area contributed by atoms with Crippen molar-refractivity contribution in [2.75, 3.05) is 5.32 Å². The quantitative estimate of drug-likeness (QED) is 0.911. The molecule has 1 unspecified atom stereocenters. The second-order valence-electron chi connectivity index (χ2n) is 5.30. The Morgan fingerprint density at radius 1 is 0.955 bits per heavy atom. The minimum Gasteiger partial charge on any atom is -0.341 e. The molecule has 0 fully saturated rings. The van der Waals surface area contributed by atoms with Crippen LogP contribution in [0.15, 0.2) is 48.5 Å². The van der Waals surface area contributed by atoms with Gasteiger partial charge < -0.3 is 10.6 Å². The van der Waals surface area contributed by atoms with Crippen molar-refractivity contribution >= 4 is 17.5 Å². The smallest absolute Gasteiger partial charge is 0.251 e. The Morgan fingerprint density at radius 2 is 1.64 bits per heavy atom. The highest BCUT2D eigenvalue weighted by Crippen LogP contribution is 2.18. The molecule has 0 spiro atoms. The van der Waals surface area contributed by atoms with Crippen molar-refractivity contribution in [2.45, 2.75) is 26.8 Å². The van der Waals surface area contributed by atoms with Crippen LogP contribution in [0.4, 0.5) is 5.69 Å². The Kier molecular flexibility index (Phi) is 4.94. The van der Waals surface area contributed by atoms with E-state index in [1.165, 1.54) is 0 Å². The van der Waals surface area contributed by atoms with Crippen LogP contribution in [0, 0.1) is 13.8 Å². The minimum atomic E-state index is -0.618. The maximum Gasteiger partial charge on any atom is 0.251 e. The Labute approximate surface area is 130 Å². The van der Waals surface area contributed by atoms with E-state index in [0.29, 0.717) is 5.56 Å². The van der Waals surface area contributed by atoms with Crippen LogP contribution in [-0.2, 0) is 4.79 Å². The summed E-state index contributed by atoms with van der Waals surface area (Å²) in [6.07, 6.45) is 0. The molecule has 1 atom stereocenters. The lowest BCUT2D eigenvalue weighted by molar-refractivity contribution is -0.117. The molecule has 2 aromatic rings. The highest BCUT2D eigenvalue weighted by Gasteiger charge is 2.17. The van der Waals surface area contributed by atoms with Gasteiger partial charge >= 0.3 is 0 Å². The Balaban J connectivity index is 2.01. The average molecular weight is 296 g/mol. The second-order valence-corrected chi connectivity index (χ2v) is 5.30. The first-order valence-electron chi connectivity index (χ1n) is 7.22. The van der Waals surface area contributed by atoms with Crippen molar-refractivity contribution in [1.82, 2.24) is 5.32 Å². The lowest BCUT2D eigenvalue weighted by atomic mass is 10.1. The molecule has 0 aromatic heterocycles. The van der Waals surface area contributed by atoms with Gasteiger partial charge in [-0.05, 0) is 50.1 Å². The van der Waals surface area contributed by atoms with Crippen LogP contribution < -0.4 is 10.6 Å². The van der Waals surface area contributed by atoms with E-state index >= 15 is 0 Å². The maximum absolute atomic E-state index is 12.2. The molecule has 0 aliphatic heterocycles. The molecule has 2 amide bonds. The van der Waals surface area contributed by atoms with E-state index in [2.05, 4.69) is 10.6 Å². The molecule has 0 saturated carbocycles. The van der Waals surface area contributed by atoms with Crippen molar-refractivity contribution < 1.29 is 9.59 Å². The number of amides is 2. The zero-order valence-electron chi connectivity index (χ0n) is 13.0. The fraction of sp³-hybridized carbons (Fsp3) is 0.222. The number of hydrogen-bond donors (Lipinski definition) is 2. The molecule has 0 bridgehead atoms. The minimum absolute atomic E-state index is 0.238. The molecule has 4 nitrogen and oxygen atoms in total. The SMILES string of the molecule is Cc1cccc(NC(=O)C(C)NC(=O)c2ccccc2)c1C. The molecule has 0 heterocycles. The van der Waals surface area contributed by atoms with Gasteiger partial charge in [0.05, 0.1) is 0 Å². The third-order valence-corrected chi connectivity index (χ3v) is 3.64. The van der Waals surface area contributed by atoms with Crippen molar-refractivity contribution in [2.24, 2.45) is 0 Å². The first kappa shape index (κ1) is 15.8. The zero-order chi connectivity index (χ0) is 16.1. The number of hydrogen-bond acceptors (Lipinski definition) is 2. The van der Waals surface area contributed by atoms with Gasteiger partial charge in [0, 0.05) is 11.3 Å². The molecular formula is C18H20N2O2. The maximum atomic E-state index is 12.2. The average Bonchev–Trinajstić information content (AvgIpc) is 2.52. The lowest BCUT2D eigenvalue weighted by Crippen LogP contribution is -2.41. The molecule has 0 aliphatic rings. The standard InChI is InChI=1S/C18H20N2O2/c1-12-8-7-11-16(13(12)2)20-17(21)14(3)19-18(22)15-9-5-4-6-10-15/h4-11,14H,1-3H3,(H,19,22)(H,20,21). The van der Waals surface area contributed by atoms with Crippen LogP contribution in [0.3, 0.4) is 0 Å². The molecule has 2 rings (SSSR count). The van der Waals surface area contributed by atoms with Gasteiger partial charge in [-0.1, -0.05) is 30.3 Å². The van der Waals surface area contributed by atoms with Crippen LogP contribution in [0.2, 0.25) is 0 Å². The van der Waals surface area contributed by atoms with Crippen molar-refractivity contribution in [3.05, 3.63) is 65.2 Å². The third-order valence-electron chi connectivity index (χ3n) is 3.64. The van der Waals surface area contributed by atoms with Crippen LogP contribution in [0.5, 0.6) is 0 Å². The summed E-state index contributed by atoms with van der Waals surface area (Å²) in [5.41, 5.74) is 3.44.